The normalized spacial score (nSPS) is 9.50. The van der Waals surface area contributed by atoms with Gasteiger partial charge in [-0.2, -0.15) is 0 Å². The summed E-state index contributed by atoms with van der Waals surface area (Å²) in [7, 11) is 1.58. The van der Waals surface area contributed by atoms with E-state index in [1.54, 1.807) is 7.11 Å². The highest BCUT2D eigenvalue weighted by molar-refractivity contribution is 5.44. The first-order chi connectivity index (χ1) is 5.86. The Morgan fingerprint density at radius 1 is 1.33 bits per heavy atom. The summed E-state index contributed by atoms with van der Waals surface area (Å²) >= 11 is 0. The highest BCUT2D eigenvalue weighted by atomic mass is 16.7. The summed E-state index contributed by atoms with van der Waals surface area (Å²) in [5, 5.41) is 0. The second-order valence-corrected chi connectivity index (χ2v) is 2.22. The van der Waals surface area contributed by atoms with Crippen molar-refractivity contribution in [3.05, 3.63) is 24.3 Å². The van der Waals surface area contributed by atoms with Gasteiger partial charge in [0.15, 0.2) is 6.79 Å². The average Bonchev–Trinajstić information content (AvgIpc) is 2.15. The molecule has 1 aromatic carbocycles. The number of hydrogen-bond acceptors (Lipinski definition) is 4. The minimum absolute atomic E-state index is 0.259. The zero-order valence-electron chi connectivity index (χ0n) is 6.91. The predicted octanol–water partition coefficient (Wildman–Crippen LogP) is 0.955. The zero-order chi connectivity index (χ0) is 8.81. The van der Waals surface area contributed by atoms with E-state index in [4.69, 9.17) is 15.3 Å². The molecule has 0 saturated heterocycles. The number of ether oxygens (including phenoxy) is 2. The Morgan fingerprint density at radius 2 is 2.00 bits per heavy atom. The third kappa shape index (κ3) is 2.41. The summed E-state index contributed by atoms with van der Waals surface area (Å²) in [6.07, 6.45) is 0. The molecule has 4 nitrogen and oxygen atoms in total. The molecule has 12 heavy (non-hydrogen) atoms. The van der Waals surface area contributed by atoms with E-state index in [9.17, 15) is 0 Å². The Morgan fingerprint density at radius 3 is 2.50 bits per heavy atom. The van der Waals surface area contributed by atoms with Crippen molar-refractivity contribution < 1.29 is 9.47 Å². The standard InChI is InChI=1S/C8H12N2O2/c1-11-6-12-8-4-2-7(10-9)3-5-8/h2-5,10H,6,9H2,1H3. The molecule has 0 atom stereocenters. The van der Waals surface area contributed by atoms with Crippen molar-refractivity contribution in [3.63, 3.8) is 0 Å². The molecule has 0 aromatic heterocycles. The third-order valence-electron chi connectivity index (χ3n) is 1.36. The molecule has 3 N–H and O–H groups in total. The maximum absolute atomic E-state index is 5.18. The van der Waals surface area contributed by atoms with Gasteiger partial charge in [-0.15, -0.1) is 0 Å². The number of hydrogen-bond donors (Lipinski definition) is 2. The van der Waals surface area contributed by atoms with Gasteiger partial charge in [0, 0.05) is 12.8 Å². The quantitative estimate of drug-likeness (QED) is 0.399. The molecule has 1 rings (SSSR count). The van der Waals surface area contributed by atoms with Crippen LogP contribution >= 0.6 is 0 Å². The average molecular weight is 168 g/mol. The monoisotopic (exact) mass is 168 g/mol. The summed E-state index contributed by atoms with van der Waals surface area (Å²) in [6, 6.07) is 7.28. The second-order valence-electron chi connectivity index (χ2n) is 2.22. The molecule has 0 heterocycles. The van der Waals surface area contributed by atoms with E-state index >= 15 is 0 Å². The van der Waals surface area contributed by atoms with Gasteiger partial charge in [0.2, 0.25) is 0 Å². The molecule has 0 aliphatic carbocycles. The Hall–Kier alpha value is -1.26. The fourth-order valence-electron chi connectivity index (χ4n) is 0.774. The van der Waals surface area contributed by atoms with Crippen LogP contribution in [0.5, 0.6) is 5.75 Å². The zero-order valence-corrected chi connectivity index (χ0v) is 6.91. The highest BCUT2D eigenvalue weighted by Crippen LogP contribution is 2.14. The van der Waals surface area contributed by atoms with Crippen LogP contribution in [0.2, 0.25) is 0 Å². The van der Waals surface area contributed by atoms with Gasteiger partial charge in [0.1, 0.15) is 5.75 Å². The molecule has 0 spiro atoms. The molecule has 0 radical (unpaired) electrons. The van der Waals surface area contributed by atoms with Gasteiger partial charge in [-0.05, 0) is 24.3 Å². The summed E-state index contributed by atoms with van der Waals surface area (Å²) in [5.41, 5.74) is 3.37. The number of rotatable bonds is 4. The molecule has 0 aliphatic rings. The summed E-state index contributed by atoms with van der Waals surface area (Å²) in [5.74, 6) is 5.94. The summed E-state index contributed by atoms with van der Waals surface area (Å²) < 4.78 is 9.90. The van der Waals surface area contributed by atoms with Gasteiger partial charge in [-0.1, -0.05) is 0 Å². The molecule has 66 valence electrons. The van der Waals surface area contributed by atoms with Crippen molar-refractivity contribution >= 4 is 5.69 Å². The highest BCUT2D eigenvalue weighted by Gasteiger charge is 1.91. The summed E-state index contributed by atoms with van der Waals surface area (Å²) in [4.78, 5) is 0. The third-order valence-corrected chi connectivity index (χ3v) is 1.36. The minimum atomic E-state index is 0.259. The lowest BCUT2D eigenvalue weighted by Crippen LogP contribution is -2.06. The van der Waals surface area contributed by atoms with Crippen molar-refractivity contribution in [2.75, 3.05) is 19.3 Å². The van der Waals surface area contributed by atoms with Crippen LogP contribution < -0.4 is 16.0 Å². The van der Waals surface area contributed by atoms with E-state index in [0.717, 1.165) is 11.4 Å². The maximum atomic E-state index is 5.18. The summed E-state index contributed by atoms with van der Waals surface area (Å²) in [6.45, 7) is 0.259. The van der Waals surface area contributed by atoms with E-state index in [0.29, 0.717) is 0 Å². The minimum Gasteiger partial charge on any atom is -0.468 e. The first kappa shape index (κ1) is 8.83. The van der Waals surface area contributed by atoms with Crippen molar-refractivity contribution in [2.45, 2.75) is 0 Å². The molecule has 0 aliphatic heterocycles. The predicted molar refractivity (Wildman–Crippen MR) is 46.8 cm³/mol. The molecule has 0 fully saturated rings. The lowest BCUT2D eigenvalue weighted by molar-refractivity contribution is 0.0511. The Labute approximate surface area is 71.2 Å². The second kappa shape index (κ2) is 4.58. The van der Waals surface area contributed by atoms with Crippen LogP contribution in [0.4, 0.5) is 5.69 Å². The number of nitrogens with one attached hydrogen (secondary N) is 1. The number of nitrogen functional groups attached to an aromatic ring is 1. The lowest BCUT2D eigenvalue weighted by Gasteiger charge is -2.04. The number of benzene rings is 1. The van der Waals surface area contributed by atoms with E-state index in [1.807, 2.05) is 24.3 Å². The first-order valence-corrected chi connectivity index (χ1v) is 3.55. The molecule has 0 unspecified atom stereocenters. The van der Waals surface area contributed by atoms with Crippen LogP contribution in [-0.4, -0.2) is 13.9 Å². The van der Waals surface area contributed by atoms with Gasteiger partial charge in [-0.25, -0.2) is 0 Å². The van der Waals surface area contributed by atoms with Gasteiger partial charge in [0.25, 0.3) is 0 Å². The van der Waals surface area contributed by atoms with Crippen LogP contribution in [0, 0.1) is 0 Å². The molecular formula is C8H12N2O2. The van der Waals surface area contributed by atoms with Crippen molar-refractivity contribution in [2.24, 2.45) is 5.84 Å². The van der Waals surface area contributed by atoms with Crippen LogP contribution in [0.3, 0.4) is 0 Å². The molecule has 1 aromatic rings. The number of hydrazine groups is 1. The molecular weight excluding hydrogens is 156 g/mol. The van der Waals surface area contributed by atoms with Crippen LogP contribution in [0.25, 0.3) is 0 Å². The van der Waals surface area contributed by atoms with Crippen LogP contribution in [-0.2, 0) is 4.74 Å². The molecule has 0 amide bonds. The van der Waals surface area contributed by atoms with Gasteiger partial charge < -0.3 is 14.9 Å². The van der Waals surface area contributed by atoms with Gasteiger partial charge >= 0.3 is 0 Å². The number of anilines is 1. The van der Waals surface area contributed by atoms with E-state index in [1.165, 1.54) is 0 Å². The smallest absolute Gasteiger partial charge is 0.188 e. The van der Waals surface area contributed by atoms with Crippen molar-refractivity contribution in [3.8, 4) is 5.75 Å². The number of nitrogens with two attached hydrogens (primary N) is 1. The first-order valence-electron chi connectivity index (χ1n) is 3.55. The molecule has 4 heteroatoms. The SMILES string of the molecule is COCOc1ccc(NN)cc1. The van der Waals surface area contributed by atoms with E-state index in [-0.39, 0.29) is 6.79 Å². The maximum Gasteiger partial charge on any atom is 0.188 e. The fourth-order valence-corrected chi connectivity index (χ4v) is 0.774. The fraction of sp³-hybridized carbons (Fsp3) is 0.250. The van der Waals surface area contributed by atoms with E-state index < -0.39 is 0 Å². The van der Waals surface area contributed by atoms with Crippen LogP contribution in [0.15, 0.2) is 24.3 Å². The van der Waals surface area contributed by atoms with Crippen molar-refractivity contribution in [1.29, 1.82) is 0 Å². The molecule has 0 bridgehead atoms. The van der Waals surface area contributed by atoms with Gasteiger partial charge in [-0.3, -0.25) is 5.84 Å². The Bertz CT molecular complexity index is 223. The lowest BCUT2D eigenvalue weighted by atomic mass is 10.3. The molecule has 0 saturated carbocycles. The van der Waals surface area contributed by atoms with Crippen molar-refractivity contribution in [1.82, 2.24) is 0 Å². The topological polar surface area (TPSA) is 56.5 Å². The number of methoxy groups -OCH3 is 1. The Kier molecular flexibility index (Phi) is 3.37. The van der Waals surface area contributed by atoms with Gasteiger partial charge in [0.05, 0.1) is 0 Å². The van der Waals surface area contributed by atoms with E-state index in [2.05, 4.69) is 5.43 Å². The Balaban J connectivity index is 2.53. The van der Waals surface area contributed by atoms with Crippen LogP contribution in [0.1, 0.15) is 0 Å². The largest absolute Gasteiger partial charge is 0.468 e.